The molecule has 0 saturated heterocycles. The fourth-order valence-electron chi connectivity index (χ4n) is 2.59. The molecule has 6 heteroatoms. The lowest BCUT2D eigenvalue weighted by Gasteiger charge is -2.19. The average Bonchev–Trinajstić information content (AvgIpc) is 2.68. The molecule has 0 bridgehead atoms. The van der Waals surface area contributed by atoms with E-state index in [1.807, 2.05) is 32.0 Å². The van der Waals surface area contributed by atoms with Crippen LogP contribution in [0.5, 0.6) is 5.75 Å². The van der Waals surface area contributed by atoms with Crippen molar-refractivity contribution < 1.29 is 19.1 Å². The molecule has 0 radical (unpaired) electrons. The summed E-state index contributed by atoms with van der Waals surface area (Å²) in [5.41, 5.74) is 3.83. The van der Waals surface area contributed by atoms with Crippen molar-refractivity contribution in [3.63, 3.8) is 0 Å². The molecule has 6 nitrogen and oxygen atoms in total. The van der Waals surface area contributed by atoms with E-state index in [0.29, 0.717) is 17.9 Å². The minimum Gasteiger partial charge on any atom is -0.479 e. The molecule has 0 aliphatic rings. The minimum absolute atomic E-state index is 0.293. The average molecular weight is 380 g/mol. The second kappa shape index (κ2) is 9.56. The van der Waals surface area contributed by atoms with Crippen LogP contribution in [-0.2, 0) is 20.9 Å². The van der Waals surface area contributed by atoms with E-state index in [-0.39, 0.29) is 12.5 Å². The number of ether oxygens (including phenoxy) is 2. The van der Waals surface area contributed by atoms with E-state index < -0.39 is 12.1 Å². The van der Waals surface area contributed by atoms with Gasteiger partial charge in [-0.1, -0.05) is 23.8 Å². The van der Waals surface area contributed by atoms with Crippen molar-refractivity contribution >= 4 is 11.9 Å². The maximum Gasteiger partial charge on any atom is 0.347 e. The first-order chi connectivity index (χ1) is 13.3. The molecular weight excluding hydrogens is 356 g/mol. The fraction of sp³-hybridized carbons (Fsp3) is 0.318. The Kier molecular flexibility index (Phi) is 7.16. The van der Waals surface area contributed by atoms with Gasteiger partial charge in [0.2, 0.25) is 0 Å². The van der Waals surface area contributed by atoms with E-state index in [1.54, 1.807) is 38.2 Å². The molecule has 0 spiro atoms. The predicted molar refractivity (Wildman–Crippen MR) is 105 cm³/mol. The molecule has 1 atom stereocenters. The number of hydrogen-bond donors (Lipinski definition) is 0. The van der Waals surface area contributed by atoms with Gasteiger partial charge in [0, 0.05) is 13.6 Å². The Morgan fingerprint density at radius 1 is 1.14 bits per heavy atom. The monoisotopic (exact) mass is 380 g/mol. The van der Waals surface area contributed by atoms with E-state index in [1.165, 1.54) is 10.5 Å². The standard InChI is InChI=1S/C22H24N2O4/c1-15-5-8-19(16(2)11-15)13-24(4)21(25)14-27-22(26)17(3)28-20-9-6-18(12-23)7-10-20/h5-11,17H,13-14H2,1-4H3/t17-/m1/s1. The van der Waals surface area contributed by atoms with E-state index in [2.05, 4.69) is 6.07 Å². The highest BCUT2D eigenvalue weighted by atomic mass is 16.6. The molecule has 0 unspecified atom stereocenters. The summed E-state index contributed by atoms with van der Waals surface area (Å²) in [6, 6.07) is 14.5. The fourth-order valence-corrected chi connectivity index (χ4v) is 2.59. The summed E-state index contributed by atoms with van der Waals surface area (Å²) < 4.78 is 10.6. The first-order valence-electron chi connectivity index (χ1n) is 8.93. The van der Waals surface area contributed by atoms with Crippen molar-refractivity contribution in [2.24, 2.45) is 0 Å². The molecule has 2 rings (SSSR count). The Balaban J connectivity index is 1.83. The number of rotatable bonds is 7. The summed E-state index contributed by atoms with van der Waals surface area (Å²) in [5.74, 6) is -0.474. The Morgan fingerprint density at radius 3 is 2.43 bits per heavy atom. The molecule has 2 aromatic carbocycles. The SMILES string of the molecule is Cc1ccc(CN(C)C(=O)COC(=O)[C@@H](C)Oc2ccc(C#N)cc2)c(C)c1. The van der Waals surface area contributed by atoms with Crippen LogP contribution >= 0.6 is 0 Å². The van der Waals surface area contributed by atoms with Crippen LogP contribution < -0.4 is 4.74 Å². The van der Waals surface area contributed by atoms with Gasteiger partial charge in [0.15, 0.2) is 12.7 Å². The van der Waals surface area contributed by atoms with Gasteiger partial charge in [0.25, 0.3) is 5.91 Å². The summed E-state index contributed by atoms with van der Waals surface area (Å²) in [4.78, 5) is 25.9. The lowest BCUT2D eigenvalue weighted by molar-refractivity contribution is -0.157. The van der Waals surface area contributed by atoms with Crippen LogP contribution in [0, 0.1) is 25.2 Å². The Morgan fingerprint density at radius 2 is 1.82 bits per heavy atom. The second-order valence-electron chi connectivity index (χ2n) is 6.68. The number of nitriles is 1. The predicted octanol–water partition coefficient (Wildman–Crippen LogP) is 3.14. The van der Waals surface area contributed by atoms with Crippen molar-refractivity contribution in [3.8, 4) is 11.8 Å². The quantitative estimate of drug-likeness (QED) is 0.690. The summed E-state index contributed by atoms with van der Waals surface area (Å²) in [5, 5.41) is 8.78. The topological polar surface area (TPSA) is 79.6 Å². The summed E-state index contributed by atoms with van der Waals surface area (Å²) in [6.07, 6.45) is -0.870. The zero-order valence-corrected chi connectivity index (χ0v) is 16.6. The van der Waals surface area contributed by atoms with Gasteiger partial charge >= 0.3 is 5.97 Å². The van der Waals surface area contributed by atoms with Crippen molar-refractivity contribution in [1.82, 2.24) is 4.90 Å². The van der Waals surface area contributed by atoms with Gasteiger partial charge in [-0.2, -0.15) is 5.26 Å². The van der Waals surface area contributed by atoms with Gasteiger partial charge in [-0.05, 0) is 56.2 Å². The Bertz CT molecular complexity index is 884. The molecule has 0 fully saturated rings. The molecule has 0 saturated carbocycles. The molecule has 2 aromatic rings. The number of amides is 1. The number of esters is 1. The van der Waals surface area contributed by atoms with Gasteiger partial charge < -0.3 is 14.4 Å². The van der Waals surface area contributed by atoms with Crippen LogP contribution in [-0.4, -0.2) is 36.5 Å². The van der Waals surface area contributed by atoms with Crippen LogP contribution in [0.4, 0.5) is 0 Å². The van der Waals surface area contributed by atoms with E-state index >= 15 is 0 Å². The van der Waals surface area contributed by atoms with Crippen molar-refractivity contribution in [2.45, 2.75) is 33.4 Å². The van der Waals surface area contributed by atoms with Crippen LogP contribution in [0.2, 0.25) is 0 Å². The normalized spacial score (nSPS) is 11.2. The molecule has 1 amide bonds. The lowest BCUT2D eigenvalue weighted by atomic mass is 10.1. The highest BCUT2D eigenvalue weighted by Gasteiger charge is 2.19. The van der Waals surface area contributed by atoms with E-state index in [0.717, 1.165) is 11.1 Å². The van der Waals surface area contributed by atoms with Gasteiger partial charge in [0.05, 0.1) is 11.6 Å². The smallest absolute Gasteiger partial charge is 0.347 e. The molecule has 28 heavy (non-hydrogen) atoms. The zero-order chi connectivity index (χ0) is 20.7. The summed E-state index contributed by atoms with van der Waals surface area (Å²) >= 11 is 0. The summed E-state index contributed by atoms with van der Waals surface area (Å²) in [7, 11) is 1.67. The third kappa shape index (κ3) is 5.85. The summed E-state index contributed by atoms with van der Waals surface area (Å²) in [6.45, 7) is 5.67. The highest BCUT2D eigenvalue weighted by Crippen LogP contribution is 2.15. The molecule has 0 heterocycles. The molecule has 0 aliphatic heterocycles. The molecule has 0 aromatic heterocycles. The molecule has 0 N–H and O–H groups in total. The van der Waals surface area contributed by atoms with Crippen LogP contribution in [0.15, 0.2) is 42.5 Å². The Hall–Kier alpha value is -3.33. The van der Waals surface area contributed by atoms with Crippen molar-refractivity contribution in [3.05, 3.63) is 64.7 Å². The van der Waals surface area contributed by atoms with Gasteiger partial charge in [0.1, 0.15) is 5.75 Å². The number of likely N-dealkylation sites (N-methyl/N-ethyl adjacent to an activating group) is 1. The number of hydrogen-bond acceptors (Lipinski definition) is 5. The molecule has 0 aliphatic carbocycles. The maximum atomic E-state index is 12.3. The lowest BCUT2D eigenvalue weighted by Crippen LogP contribution is -2.34. The first-order valence-corrected chi connectivity index (χ1v) is 8.93. The minimum atomic E-state index is -0.870. The Labute approximate surface area is 165 Å². The zero-order valence-electron chi connectivity index (χ0n) is 16.6. The number of carbonyl (C=O) groups excluding carboxylic acids is 2. The molecular formula is C22H24N2O4. The second-order valence-corrected chi connectivity index (χ2v) is 6.68. The number of carbonyl (C=O) groups is 2. The number of nitrogens with zero attached hydrogens (tertiary/aromatic N) is 2. The van der Waals surface area contributed by atoms with Crippen molar-refractivity contribution in [2.75, 3.05) is 13.7 Å². The first kappa shape index (κ1) is 21.0. The number of aryl methyl sites for hydroxylation is 2. The van der Waals surface area contributed by atoms with E-state index in [4.69, 9.17) is 14.7 Å². The highest BCUT2D eigenvalue weighted by molar-refractivity contribution is 5.82. The third-order valence-electron chi connectivity index (χ3n) is 4.30. The largest absolute Gasteiger partial charge is 0.479 e. The number of benzene rings is 2. The van der Waals surface area contributed by atoms with Crippen LogP contribution in [0.25, 0.3) is 0 Å². The van der Waals surface area contributed by atoms with E-state index in [9.17, 15) is 9.59 Å². The van der Waals surface area contributed by atoms with Gasteiger partial charge in [-0.25, -0.2) is 4.79 Å². The molecule has 146 valence electrons. The third-order valence-corrected chi connectivity index (χ3v) is 4.30. The maximum absolute atomic E-state index is 12.3. The van der Waals surface area contributed by atoms with Gasteiger partial charge in [-0.3, -0.25) is 4.79 Å². The van der Waals surface area contributed by atoms with Crippen LogP contribution in [0.1, 0.15) is 29.2 Å². The van der Waals surface area contributed by atoms with Gasteiger partial charge in [-0.15, -0.1) is 0 Å². The van der Waals surface area contributed by atoms with Crippen LogP contribution in [0.3, 0.4) is 0 Å². The van der Waals surface area contributed by atoms with Crippen molar-refractivity contribution in [1.29, 1.82) is 5.26 Å².